The van der Waals surface area contributed by atoms with Crippen molar-refractivity contribution in [1.82, 2.24) is 4.98 Å². The molecule has 0 saturated carbocycles. The number of rotatable bonds is 4. The molecule has 2 rings (SSSR count). The van der Waals surface area contributed by atoms with E-state index in [0.29, 0.717) is 17.8 Å². The molecule has 21 heavy (non-hydrogen) atoms. The van der Waals surface area contributed by atoms with Gasteiger partial charge in [0.2, 0.25) is 0 Å². The molecule has 1 aromatic carbocycles. The number of aromatic nitrogens is 1. The Kier molecular flexibility index (Phi) is 4.74. The van der Waals surface area contributed by atoms with Crippen LogP contribution in [0.15, 0.2) is 34.0 Å². The molecular formula is C14H17N3O2S2. The molecule has 2 aromatic rings. The van der Waals surface area contributed by atoms with Gasteiger partial charge in [-0.1, -0.05) is 12.1 Å². The van der Waals surface area contributed by atoms with E-state index in [4.69, 9.17) is 0 Å². The second-order valence-electron chi connectivity index (χ2n) is 4.86. The molecule has 0 radical (unpaired) electrons. The molecule has 0 spiro atoms. The Balaban J connectivity index is 2.21. The molecule has 0 aliphatic rings. The van der Waals surface area contributed by atoms with Crippen molar-refractivity contribution < 1.29 is 9.00 Å². The van der Waals surface area contributed by atoms with Crippen LogP contribution in [0.25, 0.3) is 0 Å². The van der Waals surface area contributed by atoms with Crippen molar-refractivity contribution in [3.8, 4) is 0 Å². The van der Waals surface area contributed by atoms with Crippen LogP contribution in [0.2, 0.25) is 0 Å². The monoisotopic (exact) mass is 323 g/mol. The van der Waals surface area contributed by atoms with Gasteiger partial charge in [0, 0.05) is 39.0 Å². The summed E-state index contributed by atoms with van der Waals surface area (Å²) < 4.78 is 15.4. The number of nitrogens with one attached hydrogen (secondary N) is 1. The Bertz CT molecular complexity index is 766. The molecule has 1 amide bonds. The van der Waals surface area contributed by atoms with Gasteiger partial charge in [-0.05, 0) is 19.1 Å². The second kappa shape index (κ2) is 6.36. The number of benzene rings is 1. The van der Waals surface area contributed by atoms with E-state index in [1.165, 1.54) is 12.5 Å². The molecular weight excluding hydrogens is 306 g/mol. The number of para-hydroxylation sites is 1. The fraction of sp³-hybridized carbons (Fsp3) is 0.286. The van der Waals surface area contributed by atoms with Crippen LogP contribution < -0.4 is 5.32 Å². The van der Waals surface area contributed by atoms with E-state index in [2.05, 4.69) is 14.7 Å². The van der Waals surface area contributed by atoms with Crippen LogP contribution in [0.3, 0.4) is 0 Å². The molecule has 0 aliphatic carbocycles. The van der Waals surface area contributed by atoms with E-state index in [1.807, 2.05) is 18.4 Å². The summed E-state index contributed by atoms with van der Waals surface area (Å²) in [5.74, 6) is -0.469. The Morgan fingerprint density at radius 2 is 2.10 bits per heavy atom. The minimum absolute atomic E-state index is 0.419. The molecule has 1 N–H and O–H groups in total. The number of amides is 1. The van der Waals surface area contributed by atoms with Crippen molar-refractivity contribution in [3.05, 3.63) is 45.9 Å². The summed E-state index contributed by atoms with van der Waals surface area (Å²) in [6.45, 7) is 2.48. The molecule has 1 heterocycles. The van der Waals surface area contributed by atoms with Gasteiger partial charge >= 0.3 is 0 Å². The van der Waals surface area contributed by atoms with E-state index in [9.17, 15) is 9.00 Å². The van der Waals surface area contributed by atoms with Crippen molar-refractivity contribution in [2.75, 3.05) is 17.8 Å². The van der Waals surface area contributed by atoms with Gasteiger partial charge in [0.15, 0.2) is 0 Å². The molecule has 0 bridgehead atoms. The van der Waals surface area contributed by atoms with Crippen LogP contribution in [0.1, 0.15) is 21.1 Å². The number of carbonyl (C=O) groups is 1. The van der Waals surface area contributed by atoms with Gasteiger partial charge in [0.1, 0.15) is 5.01 Å². The summed E-state index contributed by atoms with van der Waals surface area (Å²) >= 11 is 1.57. The van der Waals surface area contributed by atoms with Crippen molar-refractivity contribution >= 4 is 32.7 Å². The zero-order valence-electron chi connectivity index (χ0n) is 12.1. The quantitative estimate of drug-likeness (QED) is 0.939. The van der Waals surface area contributed by atoms with Gasteiger partial charge in [0.05, 0.1) is 12.1 Å². The average molecular weight is 323 g/mol. The number of hydrogen-bond donors (Lipinski definition) is 1. The number of aryl methyl sites for hydroxylation is 1. The van der Waals surface area contributed by atoms with Gasteiger partial charge < -0.3 is 5.32 Å². The largest absolute Gasteiger partial charge is 0.378 e. The minimum Gasteiger partial charge on any atom is -0.378 e. The van der Waals surface area contributed by atoms with E-state index in [0.717, 1.165) is 10.7 Å². The van der Waals surface area contributed by atoms with Crippen molar-refractivity contribution in [2.24, 2.45) is 4.36 Å². The molecule has 5 nitrogen and oxygen atoms in total. The van der Waals surface area contributed by atoms with Gasteiger partial charge in [0.25, 0.3) is 5.91 Å². The first-order chi connectivity index (χ1) is 9.85. The third-order valence-corrected chi connectivity index (χ3v) is 4.13. The maximum atomic E-state index is 12.1. The number of thiazole rings is 1. The SMILES string of the molecule is Cc1csc(CNc2ccccc2C(=O)N=S(C)(C)=O)n1. The summed E-state index contributed by atoms with van der Waals surface area (Å²) in [5.41, 5.74) is 2.07. The summed E-state index contributed by atoms with van der Waals surface area (Å²) in [4.78, 5) is 16.5. The fourth-order valence-electron chi connectivity index (χ4n) is 1.73. The molecule has 112 valence electrons. The fourth-order valence-corrected chi connectivity index (χ4v) is 2.94. The molecule has 0 atom stereocenters. The predicted molar refractivity (Wildman–Crippen MR) is 87.4 cm³/mol. The molecule has 0 saturated heterocycles. The Hall–Kier alpha value is -1.73. The second-order valence-corrected chi connectivity index (χ2v) is 8.35. The minimum atomic E-state index is -2.46. The zero-order chi connectivity index (χ0) is 15.5. The van der Waals surface area contributed by atoms with Crippen LogP contribution in [-0.4, -0.2) is 27.6 Å². The maximum Gasteiger partial charge on any atom is 0.287 e. The summed E-state index contributed by atoms with van der Waals surface area (Å²) in [5, 5.41) is 6.11. The van der Waals surface area contributed by atoms with Crippen molar-refractivity contribution in [2.45, 2.75) is 13.5 Å². The highest BCUT2D eigenvalue weighted by Crippen LogP contribution is 2.18. The van der Waals surface area contributed by atoms with E-state index in [-0.39, 0.29) is 0 Å². The number of hydrogen-bond acceptors (Lipinski definition) is 5. The smallest absolute Gasteiger partial charge is 0.287 e. The number of anilines is 1. The molecule has 0 aliphatic heterocycles. The van der Waals surface area contributed by atoms with Gasteiger partial charge in [-0.25, -0.2) is 9.19 Å². The third kappa shape index (κ3) is 4.64. The first-order valence-electron chi connectivity index (χ1n) is 6.30. The van der Waals surface area contributed by atoms with Crippen molar-refractivity contribution in [3.63, 3.8) is 0 Å². The van der Waals surface area contributed by atoms with E-state index < -0.39 is 15.6 Å². The van der Waals surface area contributed by atoms with Crippen LogP contribution in [0.4, 0.5) is 5.69 Å². The lowest BCUT2D eigenvalue weighted by atomic mass is 10.1. The third-order valence-electron chi connectivity index (χ3n) is 2.56. The average Bonchev–Trinajstić information content (AvgIpc) is 2.80. The number of carbonyl (C=O) groups excluding carboxylic acids is 1. The summed E-state index contributed by atoms with van der Waals surface area (Å²) in [6.07, 6.45) is 2.89. The van der Waals surface area contributed by atoms with E-state index in [1.54, 1.807) is 29.5 Å². The van der Waals surface area contributed by atoms with E-state index >= 15 is 0 Å². The first kappa shape index (κ1) is 15.7. The van der Waals surface area contributed by atoms with Crippen LogP contribution in [0.5, 0.6) is 0 Å². The lowest BCUT2D eigenvalue weighted by Gasteiger charge is -2.08. The topological polar surface area (TPSA) is 71.4 Å². The Labute approximate surface area is 128 Å². The standard InChI is InChI=1S/C14H17N3O2S2/c1-10-9-20-13(16-10)8-15-12-7-5-4-6-11(12)14(18)17-21(2,3)19/h4-7,9,15H,8H2,1-3H3. The summed E-state index contributed by atoms with van der Waals surface area (Å²) in [7, 11) is -2.46. The zero-order valence-corrected chi connectivity index (χ0v) is 13.8. The van der Waals surface area contributed by atoms with Crippen LogP contribution in [-0.2, 0) is 16.3 Å². The molecule has 0 unspecified atom stereocenters. The molecule has 7 heteroatoms. The van der Waals surface area contributed by atoms with Crippen LogP contribution in [0, 0.1) is 6.92 Å². The highest BCUT2D eigenvalue weighted by Gasteiger charge is 2.11. The first-order valence-corrected chi connectivity index (χ1v) is 9.51. The highest BCUT2D eigenvalue weighted by atomic mass is 32.2. The predicted octanol–water partition coefficient (Wildman–Crippen LogP) is 2.93. The van der Waals surface area contributed by atoms with Crippen LogP contribution >= 0.6 is 11.3 Å². The maximum absolute atomic E-state index is 12.1. The lowest BCUT2D eigenvalue weighted by Crippen LogP contribution is -2.07. The summed E-state index contributed by atoms with van der Waals surface area (Å²) in [6, 6.07) is 7.07. The Morgan fingerprint density at radius 3 is 2.71 bits per heavy atom. The van der Waals surface area contributed by atoms with Gasteiger partial charge in [-0.3, -0.25) is 4.79 Å². The molecule has 0 fully saturated rings. The molecule has 1 aromatic heterocycles. The Morgan fingerprint density at radius 1 is 1.38 bits per heavy atom. The number of nitrogens with zero attached hydrogens (tertiary/aromatic N) is 2. The highest BCUT2D eigenvalue weighted by molar-refractivity contribution is 7.92. The normalized spacial score (nSPS) is 11.2. The van der Waals surface area contributed by atoms with Gasteiger partial charge in [-0.2, -0.15) is 4.36 Å². The lowest BCUT2D eigenvalue weighted by molar-refractivity contribution is 0.101. The van der Waals surface area contributed by atoms with Gasteiger partial charge in [-0.15, -0.1) is 11.3 Å². The van der Waals surface area contributed by atoms with Crippen molar-refractivity contribution in [1.29, 1.82) is 0 Å².